The third kappa shape index (κ3) is 14.4. The van der Waals surface area contributed by atoms with E-state index in [0.717, 1.165) is 104 Å². The summed E-state index contributed by atoms with van der Waals surface area (Å²) in [7, 11) is 0. The highest BCUT2D eigenvalue weighted by Crippen LogP contribution is 2.43. The Morgan fingerprint density at radius 3 is 2.30 bits per heavy atom. The quantitative estimate of drug-likeness (QED) is 0.0562. The number of β-amino-alcohol motifs (C(OH)–C–C–N with tert-alkyl or cyclic N) is 1. The number of halogens is 2. The molecule has 21 heteroatoms. The molecule has 4 N–H and O–H groups in total. The predicted molar refractivity (Wildman–Crippen MR) is 338 cm³/mol. The van der Waals surface area contributed by atoms with Gasteiger partial charge in [-0.1, -0.05) is 87.5 Å². The number of anilines is 1. The molecule has 4 saturated heterocycles. The number of thiazole rings is 1. The van der Waals surface area contributed by atoms with E-state index >= 15 is 4.39 Å². The summed E-state index contributed by atoms with van der Waals surface area (Å²) in [6, 6.07) is 18.2. The SMILES string of the molecule is C=CC(=O)N1CCN(c2nc(O[C@H](C)CN3CCC(CCCN4CCN(CC(=O)N[C@H](C(=O)N5C[C@H](O)C[C@H]5C(=O)N[C@@H](C)c5ccc(-c6scnc6C)cc5)C(C)(C)C)CC4)CC3)nc3c(F)c(-c4cc(O)cc5ccccc45)c(Cl)cc23)CC1.[HH]. The lowest BCUT2D eigenvalue weighted by Crippen LogP contribution is -2.59. The Morgan fingerprint density at radius 1 is 0.907 bits per heavy atom. The van der Waals surface area contributed by atoms with Gasteiger partial charge in [0.2, 0.25) is 23.6 Å². The smallest absolute Gasteiger partial charge is 0.319 e. The number of aromatic hydroxyl groups is 1. The molecule has 6 heterocycles. The van der Waals surface area contributed by atoms with Crippen LogP contribution in [0.1, 0.15) is 85.4 Å². The number of phenols is 1. The molecule has 4 aliphatic heterocycles. The van der Waals surface area contributed by atoms with Gasteiger partial charge in [0.1, 0.15) is 35.3 Å². The number of carbonyl (C=O) groups is 4. The zero-order valence-corrected chi connectivity index (χ0v) is 51.8. The maximum absolute atomic E-state index is 17.2. The molecule has 0 spiro atoms. The molecule has 6 aromatic rings. The van der Waals surface area contributed by atoms with Crippen molar-refractivity contribution in [2.45, 2.75) is 104 Å². The van der Waals surface area contributed by atoms with Crippen molar-refractivity contribution in [2.75, 3.05) is 96.5 Å². The number of piperazine rings is 2. The summed E-state index contributed by atoms with van der Waals surface area (Å²) in [4.78, 5) is 81.6. The van der Waals surface area contributed by atoms with E-state index in [1.165, 1.54) is 17.0 Å². The van der Waals surface area contributed by atoms with Crippen LogP contribution in [-0.2, 0) is 19.2 Å². The first kappa shape index (κ1) is 62.2. The third-order valence-electron chi connectivity index (χ3n) is 17.5. The zero-order chi connectivity index (χ0) is 61.0. The molecule has 2 aromatic heterocycles. The van der Waals surface area contributed by atoms with E-state index in [1.807, 2.05) is 100 Å². The van der Waals surface area contributed by atoms with Crippen molar-refractivity contribution in [1.82, 2.24) is 50.1 Å². The molecule has 4 aliphatic rings. The number of amides is 4. The van der Waals surface area contributed by atoms with Crippen LogP contribution in [0.5, 0.6) is 11.8 Å². The Labute approximate surface area is 513 Å². The maximum atomic E-state index is 17.2. The Kier molecular flexibility index (Phi) is 19.6. The highest BCUT2D eigenvalue weighted by molar-refractivity contribution is 7.13. The summed E-state index contributed by atoms with van der Waals surface area (Å²) in [5.74, 6) is -0.724. The number of aliphatic hydroxyl groups is 1. The van der Waals surface area contributed by atoms with Crippen molar-refractivity contribution >= 4 is 74.1 Å². The predicted octanol–water partition coefficient (Wildman–Crippen LogP) is 8.71. The van der Waals surface area contributed by atoms with Crippen molar-refractivity contribution in [3.63, 3.8) is 0 Å². The van der Waals surface area contributed by atoms with Gasteiger partial charge in [-0.15, -0.1) is 11.3 Å². The average molecular weight is 1220 g/mol. The van der Waals surface area contributed by atoms with Crippen LogP contribution < -0.4 is 20.3 Å². The van der Waals surface area contributed by atoms with Gasteiger partial charge in [0.25, 0.3) is 0 Å². The van der Waals surface area contributed by atoms with E-state index in [2.05, 4.69) is 36.9 Å². The third-order valence-corrected chi connectivity index (χ3v) is 18.8. The molecule has 4 amide bonds. The molecule has 86 heavy (non-hydrogen) atoms. The van der Waals surface area contributed by atoms with E-state index in [9.17, 15) is 29.4 Å². The van der Waals surface area contributed by atoms with Gasteiger partial charge in [-0.05, 0) is 129 Å². The van der Waals surface area contributed by atoms with Crippen molar-refractivity contribution in [3.8, 4) is 33.3 Å². The van der Waals surface area contributed by atoms with Crippen LogP contribution in [0, 0.1) is 24.1 Å². The average Bonchev–Trinajstić information content (AvgIpc) is 1.44. The normalized spacial score (nSPS) is 19.6. The second-order valence-electron chi connectivity index (χ2n) is 24.8. The zero-order valence-electron chi connectivity index (χ0n) is 50.2. The van der Waals surface area contributed by atoms with Crippen LogP contribution in [0.25, 0.3) is 43.2 Å². The van der Waals surface area contributed by atoms with E-state index in [-0.39, 0.29) is 84.6 Å². The van der Waals surface area contributed by atoms with E-state index < -0.39 is 29.4 Å². The fourth-order valence-corrected chi connectivity index (χ4v) is 13.8. The fourth-order valence-electron chi connectivity index (χ4n) is 12.7. The number of carbonyl (C=O) groups excluding carboxylic acids is 4. The Hall–Kier alpha value is -6.81. The van der Waals surface area contributed by atoms with Crippen LogP contribution in [0.3, 0.4) is 0 Å². The van der Waals surface area contributed by atoms with Crippen molar-refractivity contribution in [3.05, 3.63) is 107 Å². The number of nitrogens with zero attached hydrogens (tertiary/aromatic N) is 9. The second-order valence-corrected chi connectivity index (χ2v) is 26.1. The molecule has 4 fully saturated rings. The number of piperidine rings is 1. The number of hydrogen-bond donors (Lipinski definition) is 4. The minimum atomic E-state index is -0.904. The van der Waals surface area contributed by atoms with Crippen molar-refractivity contribution < 1.29 is 39.9 Å². The van der Waals surface area contributed by atoms with Gasteiger partial charge in [0.15, 0.2) is 5.82 Å². The molecule has 18 nitrogen and oxygen atoms in total. The highest BCUT2D eigenvalue weighted by atomic mass is 35.5. The van der Waals surface area contributed by atoms with Gasteiger partial charge in [-0.3, -0.25) is 29.0 Å². The molecule has 0 bridgehead atoms. The fraction of sp³-hybridized carbons (Fsp3) is 0.492. The summed E-state index contributed by atoms with van der Waals surface area (Å²) in [5.41, 5.74) is 4.70. The first-order valence-corrected chi connectivity index (χ1v) is 31.5. The lowest BCUT2D eigenvalue weighted by atomic mass is 9.85. The number of likely N-dealkylation sites (tertiary alicyclic amines) is 2. The molecule has 0 aliphatic carbocycles. The molecule has 460 valence electrons. The number of aliphatic hydroxyl groups excluding tert-OH is 1. The summed E-state index contributed by atoms with van der Waals surface area (Å²) in [6.45, 7) is 23.7. The maximum Gasteiger partial charge on any atom is 0.319 e. The molecular formula is C65H83ClFN11O7S. The molecule has 4 aromatic carbocycles. The standard InChI is InChI=1S/C65H81ClFN11O7S.H2/c1-8-55(82)76-28-30-77(31-29-76)61-51-35-52(66)56(50-33-47(79)32-46-13-9-10-14-49(46)50)57(67)58(51)71-64(72-61)85-40(2)36-74-22-19-43(20-23-74)12-11-21-73-24-26-75(27-25-73)38-54(81)70-60(65(5,6)7)63(84)78-37-48(80)34-53(78)62(83)69-41(3)44-15-17-45(18-16-44)59-42(4)68-39-86-59;/h8-10,13-18,32-33,35,39-41,43,48,53,60,79-80H,1,11-12,19-31,34,36-38H2,2-7H3,(H,69,83)(H,70,81);1H/t40-,41+,48-,53+,60-;/m1./s1. The van der Waals surface area contributed by atoms with Crippen molar-refractivity contribution in [1.29, 1.82) is 0 Å². The molecule has 0 saturated carbocycles. The van der Waals surface area contributed by atoms with Gasteiger partial charge >= 0.3 is 6.01 Å². The summed E-state index contributed by atoms with van der Waals surface area (Å²) >= 11 is 8.54. The lowest BCUT2D eigenvalue weighted by Gasteiger charge is -2.37. The van der Waals surface area contributed by atoms with Gasteiger partial charge < -0.3 is 45.2 Å². The summed E-state index contributed by atoms with van der Waals surface area (Å²) < 4.78 is 23.7. The number of nitrogens with one attached hydrogen (secondary N) is 2. The number of phenolic OH excluding ortho intramolecular Hbond substituents is 1. The number of aryl methyl sites for hydroxylation is 1. The van der Waals surface area contributed by atoms with Gasteiger partial charge in [-0.25, -0.2) is 9.37 Å². The summed E-state index contributed by atoms with van der Waals surface area (Å²) in [5, 5.41) is 29.6. The van der Waals surface area contributed by atoms with E-state index in [0.29, 0.717) is 55.4 Å². The number of aromatic nitrogens is 3. The number of hydrogen-bond acceptors (Lipinski definition) is 15. The van der Waals surface area contributed by atoms with E-state index in [1.54, 1.807) is 28.4 Å². The molecular weight excluding hydrogens is 1130 g/mol. The van der Waals surface area contributed by atoms with Crippen LogP contribution in [0.15, 0.2) is 84.9 Å². The molecule has 5 atom stereocenters. The molecule has 0 radical (unpaired) electrons. The number of benzene rings is 4. The van der Waals surface area contributed by atoms with Gasteiger partial charge in [0.05, 0.1) is 39.8 Å². The van der Waals surface area contributed by atoms with Crippen LogP contribution in [0.4, 0.5) is 10.2 Å². The van der Waals surface area contributed by atoms with Gasteiger partial charge in [0, 0.05) is 84.2 Å². The monoisotopic (exact) mass is 1220 g/mol. The number of rotatable bonds is 19. The Morgan fingerprint density at radius 2 is 1.62 bits per heavy atom. The largest absolute Gasteiger partial charge is 0.508 e. The van der Waals surface area contributed by atoms with Crippen LogP contribution >= 0.6 is 22.9 Å². The van der Waals surface area contributed by atoms with E-state index in [4.69, 9.17) is 26.3 Å². The lowest BCUT2D eigenvalue weighted by molar-refractivity contribution is -0.144. The van der Waals surface area contributed by atoms with Crippen molar-refractivity contribution in [2.24, 2.45) is 11.3 Å². The number of ether oxygens (including phenoxy) is 1. The minimum Gasteiger partial charge on any atom is -0.508 e. The molecule has 10 rings (SSSR count). The summed E-state index contributed by atoms with van der Waals surface area (Å²) in [6.07, 6.45) is 4.58. The number of fused-ring (bicyclic) bond motifs is 2. The first-order valence-electron chi connectivity index (χ1n) is 30.2. The first-order chi connectivity index (χ1) is 41.2. The minimum absolute atomic E-state index is 0. The van der Waals surface area contributed by atoms with Gasteiger partial charge in [-0.2, -0.15) is 9.97 Å². The second kappa shape index (κ2) is 27.1. The van der Waals surface area contributed by atoms with Crippen LogP contribution in [-0.4, -0.2) is 189 Å². The Bertz CT molecular complexity index is 3440. The molecule has 0 unspecified atom stereocenters. The highest BCUT2D eigenvalue weighted by Gasteiger charge is 2.45. The van der Waals surface area contributed by atoms with Crippen LogP contribution in [0.2, 0.25) is 5.02 Å². The Balaban J connectivity index is 0.00000902. The topological polar surface area (TPSA) is 200 Å².